The average Bonchev–Trinajstić information content (AvgIpc) is 2.47. The number of benzene rings is 1. The van der Waals surface area contributed by atoms with E-state index < -0.39 is 0 Å². The van der Waals surface area contributed by atoms with Gasteiger partial charge in [-0.1, -0.05) is 26.1 Å². The summed E-state index contributed by atoms with van der Waals surface area (Å²) in [5.41, 5.74) is 9.12. The molecule has 1 rings (SSSR count). The summed E-state index contributed by atoms with van der Waals surface area (Å²) in [6, 6.07) is 6.36. The van der Waals surface area contributed by atoms with Crippen molar-refractivity contribution in [2.24, 2.45) is 5.73 Å². The number of aryl methyl sites for hydroxylation is 1. The second kappa shape index (κ2) is 9.00. The van der Waals surface area contributed by atoms with Gasteiger partial charge in [0.05, 0.1) is 0 Å². The minimum Gasteiger partial charge on any atom is -0.389 e. The van der Waals surface area contributed by atoms with Crippen molar-refractivity contribution in [3.05, 3.63) is 29.3 Å². The molecule has 0 aliphatic rings. The van der Waals surface area contributed by atoms with Crippen LogP contribution in [0.5, 0.6) is 0 Å². The summed E-state index contributed by atoms with van der Waals surface area (Å²) in [5.74, 6) is 0. The summed E-state index contributed by atoms with van der Waals surface area (Å²) >= 11 is 5.07. The quantitative estimate of drug-likeness (QED) is 0.710. The zero-order chi connectivity index (χ0) is 15.8. The van der Waals surface area contributed by atoms with Crippen molar-refractivity contribution in [2.45, 2.75) is 34.1 Å². The molecule has 2 N–H and O–H groups in total. The molecule has 0 atom stereocenters. The van der Waals surface area contributed by atoms with Crippen LogP contribution in [0.4, 0.5) is 5.69 Å². The van der Waals surface area contributed by atoms with Crippen molar-refractivity contribution >= 4 is 22.9 Å². The van der Waals surface area contributed by atoms with E-state index in [2.05, 4.69) is 49.6 Å². The molecule has 0 fully saturated rings. The molecule has 0 saturated heterocycles. The minimum absolute atomic E-state index is 0.476. The fraction of sp³-hybridized carbons (Fsp3) is 0.588. The third-order valence-corrected chi connectivity index (χ3v) is 4.24. The van der Waals surface area contributed by atoms with Crippen LogP contribution in [0.15, 0.2) is 18.2 Å². The molecule has 0 radical (unpaired) electrons. The first-order valence-electron chi connectivity index (χ1n) is 7.91. The molecule has 0 saturated carbocycles. The van der Waals surface area contributed by atoms with Crippen molar-refractivity contribution in [1.82, 2.24) is 4.90 Å². The van der Waals surface area contributed by atoms with E-state index in [1.807, 2.05) is 6.07 Å². The first kappa shape index (κ1) is 17.9. The lowest BCUT2D eigenvalue weighted by Gasteiger charge is -2.26. The predicted molar refractivity (Wildman–Crippen MR) is 97.4 cm³/mol. The number of hydrogen-bond acceptors (Lipinski definition) is 3. The SMILES string of the molecule is CCN(CC)CCCN(CC)c1ccc(C(N)=S)c(C)c1. The van der Waals surface area contributed by atoms with Gasteiger partial charge in [-0.3, -0.25) is 0 Å². The van der Waals surface area contributed by atoms with Gasteiger partial charge in [0.25, 0.3) is 0 Å². The first-order valence-corrected chi connectivity index (χ1v) is 8.32. The Hall–Kier alpha value is -1.13. The van der Waals surface area contributed by atoms with Gasteiger partial charge in [0, 0.05) is 24.3 Å². The van der Waals surface area contributed by atoms with Crippen LogP contribution >= 0.6 is 12.2 Å². The Morgan fingerprint density at radius 2 is 1.76 bits per heavy atom. The highest BCUT2D eigenvalue weighted by Crippen LogP contribution is 2.19. The smallest absolute Gasteiger partial charge is 0.104 e. The van der Waals surface area contributed by atoms with E-state index in [0.717, 1.165) is 43.9 Å². The summed E-state index contributed by atoms with van der Waals surface area (Å²) in [4.78, 5) is 5.36. The minimum atomic E-state index is 0.476. The summed E-state index contributed by atoms with van der Waals surface area (Å²) in [5, 5.41) is 0. The van der Waals surface area contributed by atoms with Crippen LogP contribution in [0.3, 0.4) is 0 Å². The number of hydrogen-bond donors (Lipinski definition) is 1. The third kappa shape index (κ3) is 5.29. The Morgan fingerprint density at radius 3 is 2.24 bits per heavy atom. The van der Waals surface area contributed by atoms with E-state index in [9.17, 15) is 0 Å². The summed E-state index contributed by atoms with van der Waals surface area (Å²) in [7, 11) is 0. The fourth-order valence-corrected chi connectivity index (χ4v) is 2.84. The van der Waals surface area contributed by atoms with Gasteiger partial charge in [0.15, 0.2) is 0 Å². The highest BCUT2D eigenvalue weighted by molar-refractivity contribution is 7.80. The predicted octanol–water partition coefficient (Wildman–Crippen LogP) is 3.19. The van der Waals surface area contributed by atoms with Gasteiger partial charge in [0.1, 0.15) is 4.99 Å². The van der Waals surface area contributed by atoms with Crippen LogP contribution in [-0.2, 0) is 0 Å². The number of nitrogens with two attached hydrogens (primary N) is 1. The van der Waals surface area contributed by atoms with Gasteiger partial charge in [-0.05, 0) is 63.7 Å². The molecule has 1 aromatic rings. The average molecular weight is 308 g/mol. The van der Waals surface area contributed by atoms with Gasteiger partial charge in [-0.15, -0.1) is 0 Å². The van der Waals surface area contributed by atoms with E-state index in [-0.39, 0.29) is 0 Å². The molecule has 21 heavy (non-hydrogen) atoms. The van der Waals surface area contributed by atoms with Crippen LogP contribution < -0.4 is 10.6 Å². The lowest BCUT2D eigenvalue weighted by Crippen LogP contribution is -2.30. The van der Waals surface area contributed by atoms with E-state index in [4.69, 9.17) is 18.0 Å². The molecule has 0 unspecified atom stereocenters. The Morgan fingerprint density at radius 1 is 1.10 bits per heavy atom. The van der Waals surface area contributed by atoms with Gasteiger partial charge in [0.2, 0.25) is 0 Å². The summed E-state index contributed by atoms with van der Waals surface area (Å²) in [6.07, 6.45) is 1.19. The summed E-state index contributed by atoms with van der Waals surface area (Å²) < 4.78 is 0. The molecule has 0 aromatic heterocycles. The zero-order valence-corrected chi connectivity index (χ0v) is 14.7. The summed E-state index contributed by atoms with van der Waals surface area (Å²) in [6.45, 7) is 14.2. The molecule has 4 heteroatoms. The van der Waals surface area contributed by atoms with Crippen LogP contribution in [0.2, 0.25) is 0 Å². The second-order valence-electron chi connectivity index (χ2n) is 5.32. The lowest BCUT2D eigenvalue weighted by atomic mass is 10.1. The molecule has 118 valence electrons. The maximum absolute atomic E-state index is 5.73. The molecule has 0 heterocycles. The third-order valence-electron chi connectivity index (χ3n) is 4.02. The maximum atomic E-state index is 5.73. The Bertz CT molecular complexity index is 455. The Labute approximate surface area is 135 Å². The molecule has 0 aliphatic carbocycles. The van der Waals surface area contributed by atoms with E-state index in [1.165, 1.54) is 12.1 Å². The molecular weight excluding hydrogens is 278 g/mol. The van der Waals surface area contributed by atoms with Crippen molar-refractivity contribution in [3.8, 4) is 0 Å². The largest absolute Gasteiger partial charge is 0.389 e. The molecule has 3 nitrogen and oxygen atoms in total. The number of thiocarbonyl (C=S) groups is 1. The van der Waals surface area contributed by atoms with Gasteiger partial charge < -0.3 is 15.5 Å². The van der Waals surface area contributed by atoms with Gasteiger partial charge >= 0.3 is 0 Å². The first-order chi connectivity index (χ1) is 10.0. The normalized spacial score (nSPS) is 10.9. The van der Waals surface area contributed by atoms with Gasteiger partial charge in [-0.2, -0.15) is 0 Å². The van der Waals surface area contributed by atoms with E-state index in [1.54, 1.807) is 0 Å². The molecule has 0 bridgehead atoms. The molecule has 0 aliphatic heterocycles. The van der Waals surface area contributed by atoms with Crippen molar-refractivity contribution in [1.29, 1.82) is 0 Å². The van der Waals surface area contributed by atoms with Crippen LogP contribution in [-0.4, -0.2) is 42.6 Å². The molecule has 1 aromatic carbocycles. The molecule has 0 amide bonds. The number of nitrogens with zero attached hydrogens (tertiary/aromatic N) is 2. The molecular formula is C17H29N3S. The number of anilines is 1. The van der Waals surface area contributed by atoms with Gasteiger partial charge in [-0.25, -0.2) is 0 Å². The highest BCUT2D eigenvalue weighted by Gasteiger charge is 2.08. The van der Waals surface area contributed by atoms with E-state index in [0.29, 0.717) is 4.99 Å². The fourth-order valence-electron chi connectivity index (χ4n) is 2.62. The lowest BCUT2D eigenvalue weighted by molar-refractivity contribution is 0.301. The Balaban J connectivity index is 2.68. The maximum Gasteiger partial charge on any atom is 0.104 e. The Kier molecular flexibility index (Phi) is 7.68. The standard InChI is InChI=1S/C17H29N3S/c1-5-19(6-2)11-8-12-20(7-3)15-9-10-16(17(18)21)14(4)13-15/h9-10,13H,5-8,11-12H2,1-4H3,(H2,18,21). The monoisotopic (exact) mass is 307 g/mol. The van der Waals surface area contributed by atoms with Crippen molar-refractivity contribution in [3.63, 3.8) is 0 Å². The topological polar surface area (TPSA) is 32.5 Å². The number of rotatable bonds is 9. The highest BCUT2D eigenvalue weighted by atomic mass is 32.1. The van der Waals surface area contributed by atoms with E-state index >= 15 is 0 Å². The van der Waals surface area contributed by atoms with Crippen LogP contribution in [0.1, 0.15) is 38.3 Å². The zero-order valence-electron chi connectivity index (χ0n) is 13.9. The van der Waals surface area contributed by atoms with Crippen molar-refractivity contribution in [2.75, 3.05) is 37.6 Å². The van der Waals surface area contributed by atoms with Crippen molar-refractivity contribution < 1.29 is 0 Å². The molecule has 0 spiro atoms. The van der Waals surface area contributed by atoms with Crippen LogP contribution in [0, 0.1) is 6.92 Å². The van der Waals surface area contributed by atoms with Crippen LogP contribution in [0.25, 0.3) is 0 Å². The second-order valence-corrected chi connectivity index (χ2v) is 5.76.